The van der Waals surface area contributed by atoms with Crippen LogP contribution in [-0.4, -0.2) is 52.7 Å². The van der Waals surface area contributed by atoms with Crippen LogP contribution in [-0.2, 0) is 14.3 Å². The van der Waals surface area contributed by atoms with Crippen molar-refractivity contribution in [2.24, 2.45) is 0 Å². The maximum absolute atomic E-state index is 13.7. The number of ether oxygens (including phenoxy) is 1. The Balaban J connectivity index is 2.49. The number of carbonyl (C=O) groups is 3. The summed E-state index contributed by atoms with van der Waals surface area (Å²) in [4.78, 5) is 41.2. The van der Waals surface area contributed by atoms with E-state index < -0.39 is 42.2 Å². The van der Waals surface area contributed by atoms with Gasteiger partial charge in [-0.3, -0.25) is 9.59 Å². The molecule has 8 heteroatoms. The summed E-state index contributed by atoms with van der Waals surface area (Å²) < 4.78 is 5.26. The van der Waals surface area contributed by atoms with E-state index in [-0.39, 0.29) is 6.54 Å². The van der Waals surface area contributed by atoms with E-state index in [4.69, 9.17) is 11.2 Å². The zero-order chi connectivity index (χ0) is 27.6. The van der Waals surface area contributed by atoms with Crippen molar-refractivity contribution in [1.29, 1.82) is 0 Å². The fourth-order valence-electron chi connectivity index (χ4n) is 3.68. The van der Waals surface area contributed by atoms with Crippen molar-refractivity contribution in [1.82, 2.24) is 10.2 Å². The van der Waals surface area contributed by atoms with Crippen LogP contribution < -0.4 is 10.6 Å². The van der Waals surface area contributed by atoms with Crippen LogP contribution in [0.15, 0.2) is 48.5 Å². The number of nitrogens with one attached hydrogen (secondary N) is 2. The van der Waals surface area contributed by atoms with E-state index in [1.54, 1.807) is 51.1 Å². The number of terminal acetylenes is 1. The Morgan fingerprint density at radius 1 is 1.11 bits per heavy atom. The first-order valence-corrected chi connectivity index (χ1v) is 12.3. The van der Waals surface area contributed by atoms with Crippen LogP contribution in [0.5, 0.6) is 0 Å². The van der Waals surface area contributed by atoms with Gasteiger partial charge in [-0.25, -0.2) is 4.79 Å². The van der Waals surface area contributed by atoms with E-state index >= 15 is 0 Å². The molecule has 0 bridgehead atoms. The molecule has 2 atom stereocenters. The van der Waals surface area contributed by atoms with Gasteiger partial charge in [0, 0.05) is 17.8 Å². The number of hydrogen-bond donors (Lipinski definition) is 3. The SMILES string of the molecule is C#Cc1ccc(C(C(=O)Nc2ccccc2C)N(CCCC)C(=O)C(CO)NC(=O)OC(C)(C)C)cc1. The molecule has 0 aliphatic rings. The summed E-state index contributed by atoms with van der Waals surface area (Å²) in [7, 11) is 0. The first kappa shape index (κ1) is 29.4. The van der Waals surface area contributed by atoms with Gasteiger partial charge in [0.25, 0.3) is 5.91 Å². The summed E-state index contributed by atoms with van der Waals surface area (Å²) in [5.41, 5.74) is 1.87. The number of amides is 3. The largest absolute Gasteiger partial charge is 0.444 e. The Labute approximate surface area is 219 Å². The highest BCUT2D eigenvalue weighted by Gasteiger charge is 2.36. The number of aliphatic hydroxyl groups is 1. The Bertz CT molecular complexity index is 1120. The average molecular weight is 508 g/mol. The molecule has 0 aliphatic heterocycles. The molecule has 0 radical (unpaired) electrons. The summed E-state index contributed by atoms with van der Waals surface area (Å²) in [6, 6.07) is 11.8. The fraction of sp³-hybridized carbons (Fsp3) is 0.414. The van der Waals surface area contributed by atoms with Gasteiger partial charge in [0.05, 0.1) is 6.61 Å². The van der Waals surface area contributed by atoms with E-state index in [2.05, 4.69) is 16.6 Å². The predicted molar refractivity (Wildman–Crippen MR) is 144 cm³/mol. The molecule has 8 nitrogen and oxygen atoms in total. The zero-order valence-corrected chi connectivity index (χ0v) is 22.2. The van der Waals surface area contributed by atoms with Crippen molar-refractivity contribution in [3.63, 3.8) is 0 Å². The first-order chi connectivity index (χ1) is 17.5. The van der Waals surface area contributed by atoms with Gasteiger partial charge in [0.1, 0.15) is 17.7 Å². The maximum atomic E-state index is 13.7. The molecule has 2 rings (SSSR count). The quantitative estimate of drug-likeness (QED) is 0.419. The van der Waals surface area contributed by atoms with Gasteiger partial charge in [0.15, 0.2) is 0 Å². The first-order valence-electron chi connectivity index (χ1n) is 12.3. The van der Waals surface area contributed by atoms with Gasteiger partial charge < -0.3 is 25.4 Å². The second kappa shape index (κ2) is 13.5. The highest BCUT2D eigenvalue weighted by molar-refractivity contribution is 5.99. The summed E-state index contributed by atoms with van der Waals surface area (Å²) in [6.07, 6.45) is 6.03. The normalized spacial score (nSPS) is 12.6. The molecule has 37 heavy (non-hydrogen) atoms. The summed E-state index contributed by atoms with van der Waals surface area (Å²) in [6.45, 7) is 8.49. The van der Waals surface area contributed by atoms with Crippen LogP contribution >= 0.6 is 0 Å². The molecule has 0 saturated carbocycles. The maximum Gasteiger partial charge on any atom is 0.408 e. The molecule has 3 N–H and O–H groups in total. The topological polar surface area (TPSA) is 108 Å². The van der Waals surface area contributed by atoms with E-state index in [1.165, 1.54) is 4.90 Å². The lowest BCUT2D eigenvalue weighted by Crippen LogP contribution is -2.54. The van der Waals surface area contributed by atoms with Gasteiger partial charge in [-0.2, -0.15) is 0 Å². The second-order valence-corrected chi connectivity index (χ2v) is 9.74. The number of unbranched alkanes of at least 4 members (excludes halogenated alkanes) is 1. The summed E-state index contributed by atoms with van der Waals surface area (Å²) >= 11 is 0. The van der Waals surface area contributed by atoms with Crippen LogP contribution in [0, 0.1) is 19.3 Å². The van der Waals surface area contributed by atoms with Crippen molar-refractivity contribution >= 4 is 23.6 Å². The third-order valence-corrected chi connectivity index (χ3v) is 5.56. The van der Waals surface area contributed by atoms with Crippen LogP contribution in [0.3, 0.4) is 0 Å². The standard InChI is InChI=1S/C29H37N3O5/c1-7-9-18-32(27(35)24(19-33)31-28(36)37-29(4,5)6)25(22-16-14-21(8-2)15-17-22)26(34)30-23-13-11-10-12-20(23)3/h2,10-17,24-25,33H,7,9,18-19H2,1,3-6H3,(H,30,34)(H,31,36). The van der Waals surface area contributed by atoms with E-state index in [1.807, 2.05) is 32.0 Å². The van der Waals surface area contributed by atoms with E-state index in [0.29, 0.717) is 23.2 Å². The molecule has 0 spiro atoms. The van der Waals surface area contributed by atoms with Crippen molar-refractivity contribution in [2.75, 3.05) is 18.5 Å². The highest BCUT2D eigenvalue weighted by Crippen LogP contribution is 2.26. The molecule has 3 amide bonds. The van der Waals surface area contributed by atoms with Gasteiger partial charge in [-0.05, 0) is 63.4 Å². The number of aliphatic hydroxyl groups excluding tert-OH is 1. The van der Waals surface area contributed by atoms with Crippen LogP contribution in [0.2, 0.25) is 0 Å². The zero-order valence-electron chi connectivity index (χ0n) is 22.2. The molecule has 2 aromatic rings. The molecule has 2 aromatic carbocycles. The monoisotopic (exact) mass is 507 g/mol. The average Bonchev–Trinajstić information content (AvgIpc) is 2.85. The number of anilines is 1. The predicted octanol–water partition coefficient (Wildman–Crippen LogP) is 4.17. The van der Waals surface area contributed by atoms with Gasteiger partial charge in [0.2, 0.25) is 5.91 Å². The van der Waals surface area contributed by atoms with E-state index in [9.17, 15) is 19.5 Å². The number of aryl methyl sites for hydroxylation is 1. The Morgan fingerprint density at radius 3 is 2.30 bits per heavy atom. The number of rotatable bonds is 10. The van der Waals surface area contributed by atoms with Crippen molar-refractivity contribution in [2.45, 2.75) is 65.1 Å². The van der Waals surface area contributed by atoms with Crippen LogP contribution in [0.25, 0.3) is 0 Å². The minimum atomic E-state index is -1.30. The van der Waals surface area contributed by atoms with Crippen LogP contribution in [0.4, 0.5) is 10.5 Å². The third kappa shape index (κ3) is 8.65. The number of carbonyl (C=O) groups excluding carboxylic acids is 3. The van der Waals surface area contributed by atoms with Crippen molar-refractivity contribution in [3.8, 4) is 12.3 Å². The number of para-hydroxylation sites is 1. The van der Waals surface area contributed by atoms with Crippen molar-refractivity contribution < 1.29 is 24.2 Å². The number of nitrogens with zero attached hydrogens (tertiary/aromatic N) is 1. The van der Waals surface area contributed by atoms with Gasteiger partial charge in [-0.15, -0.1) is 6.42 Å². The number of hydrogen-bond acceptors (Lipinski definition) is 5. The second-order valence-electron chi connectivity index (χ2n) is 9.74. The Hall–Kier alpha value is -3.83. The minimum Gasteiger partial charge on any atom is -0.444 e. The van der Waals surface area contributed by atoms with E-state index in [0.717, 1.165) is 12.0 Å². The molecule has 0 saturated heterocycles. The lowest BCUT2D eigenvalue weighted by molar-refractivity contribution is -0.141. The lowest BCUT2D eigenvalue weighted by atomic mass is 10.0. The smallest absolute Gasteiger partial charge is 0.408 e. The Morgan fingerprint density at radius 2 is 1.76 bits per heavy atom. The molecule has 0 aromatic heterocycles. The van der Waals surface area contributed by atoms with Gasteiger partial charge >= 0.3 is 6.09 Å². The number of alkyl carbamates (subject to hydrolysis) is 1. The molecule has 0 fully saturated rings. The molecule has 0 aliphatic carbocycles. The summed E-state index contributed by atoms with van der Waals surface area (Å²) in [5.74, 6) is 1.51. The van der Waals surface area contributed by atoms with Crippen molar-refractivity contribution in [3.05, 3.63) is 65.2 Å². The molecule has 0 heterocycles. The van der Waals surface area contributed by atoms with Crippen LogP contribution in [0.1, 0.15) is 63.3 Å². The molecule has 198 valence electrons. The highest BCUT2D eigenvalue weighted by atomic mass is 16.6. The fourth-order valence-corrected chi connectivity index (χ4v) is 3.68. The summed E-state index contributed by atoms with van der Waals surface area (Å²) in [5, 5.41) is 15.4. The Kier molecular flexibility index (Phi) is 10.7. The lowest BCUT2D eigenvalue weighted by Gasteiger charge is -2.34. The molecule has 2 unspecified atom stereocenters. The third-order valence-electron chi connectivity index (χ3n) is 5.56. The minimum absolute atomic E-state index is 0.227. The molecular weight excluding hydrogens is 470 g/mol. The molecular formula is C29H37N3O5. The van der Waals surface area contributed by atoms with Gasteiger partial charge in [-0.1, -0.05) is 49.6 Å². The number of benzene rings is 2.